The summed E-state index contributed by atoms with van der Waals surface area (Å²) < 4.78 is 10.3. The third kappa shape index (κ3) is 3.34. The van der Waals surface area contributed by atoms with Gasteiger partial charge in [-0.1, -0.05) is 0 Å². The normalized spacial score (nSPS) is 12.5. The molecule has 0 aliphatic carbocycles. The van der Waals surface area contributed by atoms with Crippen LogP contribution in [0.3, 0.4) is 0 Å². The molecule has 0 saturated heterocycles. The molecule has 0 aliphatic heterocycles. The van der Waals surface area contributed by atoms with Crippen LogP contribution in [0, 0.1) is 0 Å². The minimum Gasteiger partial charge on any atom is -0.478 e. The van der Waals surface area contributed by atoms with E-state index in [0.717, 1.165) is 5.56 Å². The Morgan fingerprint density at radius 3 is 2.87 bits per heavy atom. The van der Waals surface area contributed by atoms with Crippen LogP contribution in [0.4, 0.5) is 5.69 Å². The molecule has 6 heteroatoms. The third-order valence-electron chi connectivity index (χ3n) is 1.77. The fourth-order valence-electron chi connectivity index (χ4n) is 1.03. The Labute approximate surface area is 88.6 Å². The molecule has 0 aliphatic rings. The summed E-state index contributed by atoms with van der Waals surface area (Å²) in [7, 11) is 1.49. The van der Waals surface area contributed by atoms with Crippen molar-refractivity contribution in [1.82, 2.24) is 10.2 Å². The van der Waals surface area contributed by atoms with Crippen LogP contribution in [0.15, 0.2) is 6.20 Å². The second kappa shape index (κ2) is 5.47. The van der Waals surface area contributed by atoms with E-state index < -0.39 is 0 Å². The maximum atomic E-state index is 5.77. The van der Waals surface area contributed by atoms with E-state index in [-0.39, 0.29) is 6.04 Å². The summed E-state index contributed by atoms with van der Waals surface area (Å²) in [5.74, 6) is 0.317. The van der Waals surface area contributed by atoms with Gasteiger partial charge in [0, 0.05) is 11.6 Å². The maximum absolute atomic E-state index is 5.77. The van der Waals surface area contributed by atoms with Gasteiger partial charge in [-0.05, 0) is 6.92 Å². The number of nitrogens with zero attached hydrogens (tertiary/aromatic N) is 2. The number of hydrogen-bond acceptors (Lipinski definition) is 6. The first-order chi connectivity index (χ1) is 7.15. The molecule has 0 amide bonds. The Morgan fingerprint density at radius 2 is 2.27 bits per heavy atom. The van der Waals surface area contributed by atoms with Crippen molar-refractivity contribution < 1.29 is 9.47 Å². The topological polar surface area (TPSA) is 96.3 Å². The predicted octanol–water partition coefficient (Wildman–Crippen LogP) is -0.0688. The van der Waals surface area contributed by atoms with Gasteiger partial charge < -0.3 is 20.9 Å². The summed E-state index contributed by atoms with van der Waals surface area (Å²) in [6.07, 6.45) is 1.55. The molecule has 0 fully saturated rings. The number of aromatic nitrogens is 2. The second-order valence-corrected chi connectivity index (χ2v) is 3.29. The molecule has 1 rings (SSSR count). The van der Waals surface area contributed by atoms with Gasteiger partial charge in [-0.25, -0.2) is 0 Å². The lowest BCUT2D eigenvalue weighted by atomic mass is 10.3. The number of nitrogens with two attached hydrogens (primary N) is 2. The van der Waals surface area contributed by atoms with E-state index in [2.05, 4.69) is 10.2 Å². The molecular formula is C9H16N4O2. The molecule has 0 unspecified atom stereocenters. The van der Waals surface area contributed by atoms with Gasteiger partial charge >= 0.3 is 0 Å². The van der Waals surface area contributed by atoms with Crippen molar-refractivity contribution in [3.8, 4) is 5.88 Å². The van der Waals surface area contributed by atoms with Gasteiger partial charge in [0.2, 0.25) is 0 Å². The van der Waals surface area contributed by atoms with E-state index in [1.54, 1.807) is 6.20 Å². The molecule has 1 aromatic heterocycles. The van der Waals surface area contributed by atoms with Crippen LogP contribution in [-0.2, 0) is 11.3 Å². The van der Waals surface area contributed by atoms with Gasteiger partial charge in [-0.2, -0.15) is 5.10 Å². The Balaban J connectivity index is 2.61. The van der Waals surface area contributed by atoms with Crippen LogP contribution in [0.5, 0.6) is 5.88 Å². The van der Waals surface area contributed by atoms with Crippen LogP contribution >= 0.6 is 0 Å². The predicted molar refractivity (Wildman–Crippen MR) is 56.3 cm³/mol. The molecule has 0 spiro atoms. The summed E-state index contributed by atoms with van der Waals surface area (Å²) in [5.41, 5.74) is 12.5. The third-order valence-corrected chi connectivity index (χ3v) is 1.77. The zero-order valence-corrected chi connectivity index (χ0v) is 8.93. The van der Waals surface area contributed by atoms with E-state index in [1.807, 2.05) is 6.92 Å². The fourth-order valence-corrected chi connectivity index (χ4v) is 1.03. The van der Waals surface area contributed by atoms with Crippen LogP contribution in [-0.4, -0.2) is 30.0 Å². The highest BCUT2D eigenvalue weighted by atomic mass is 16.5. The first-order valence-corrected chi connectivity index (χ1v) is 4.62. The van der Waals surface area contributed by atoms with Crippen molar-refractivity contribution in [1.29, 1.82) is 0 Å². The molecule has 84 valence electrons. The minimum absolute atomic E-state index is 0.00270. The lowest BCUT2D eigenvalue weighted by Gasteiger charge is -2.09. The summed E-state index contributed by atoms with van der Waals surface area (Å²) >= 11 is 0. The molecule has 1 atom stereocenters. The average Bonchev–Trinajstić information content (AvgIpc) is 2.20. The van der Waals surface area contributed by atoms with E-state index in [1.165, 1.54) is 7.11 Å². The Bertz CT molecular complexity index is 317. The minimum atomic E-state index is 0.00270. The van der Waals surface area contributed by atoms with Crippen molar-refractivity contribution in [2.75, 3.05) is 19.5 Å². The van der Waals surface area contributed by atoms with Gasteiger partial charge in [0.25, 0.3) is 5.88 Å². The Morgan fingerprint density at radius 1 is 1.53 bits per heavy atom. The van der Waals surface area contributed by atoms with Crippen LogP contribution in [0.1, 0.15) is 12.5 Å². The van der Waals surface area contributed by atoms with E-state index in [4.69, 9.17) is 20.9 Å². The van der Waals surface area contributed by atoms with Gasteiger partial charge in [-0.3, -0.25) is 0 Å². The SMILES string of the molecule is COc1nncc(COC[C@@H](C)N)c1N. The summed E-state index contributed by atoms with van der Waals surface area (Å²) in [6, 6.07) is 0.00270. The zero-order valence-electron chi connectivity index (χ0n) is 8.93. The van der Waals surface area contributed by atoms with Gasteiger partial charge in [0.05, 0.1) is 26.5 Å². The second-order valence-electron chi connectivity index (χ2n) is 3.29. The highest BCUT2D eigenvalue weighted by Gasteiger charge is 2.07. The number of methoxy groups -OCH3 is 1. The van der Waals surface area contributed by atoms with Crippen molar-refractivity contribution >= 4 is 5.69 Å². The summed E-state index contributed by atoms with van der Waals surface area (Å²) in [4.78, 5) is 0. The molecule has 0 aromatic carbocycles. The molecule has 0 bridgehead atoms. The highest BCUT2D eigenvalue weighted by Crippen LogP contribution is 2.20. The maximum Gasteiger partial charge on any atom is 0.256 e. The molecule has 1 aromatic rings. The number of hydrogen-bond donors (Lipinski definition) is 2. The molecule has 4 N–H and O–H groups in total. The van der Waals surface area contributed by atoms with Crippen LogP contribution in [0.25, 0.3) is 0 Å². The average molecular weight is 212 g/mol. The number of ether oxygens (including phenoxy) is 2. The van der Waals surface area contributed by atoms with Crippen molar-refractivity contribution in [2.45, 2.75) is 19.6 Å². The smallest absolute Gasteiger partial charge is 0.256 e. The largest absolute Gasteiger partial charge is 0.478 e. The van der Waals surface area contributed by atoms with Gasteiger partial charge in [0.1, 0.15) is 5.69 Å². The number of anilines is 1. The van der Waals surface area contributed by atoms with Crippen molar-refractivity contribution in [3.05, 3.63) is 11.8 Å². The molecule has 1 heterocycles. The van der Waals surface area contributed by atoms with Crippen LogP contribution in [0.2, 0.25) is 0 Å². The fraction of sp³-hybridized carbons (Fsp3) is 0.556. The van der Waals surface area contributed by atoms with Crippen molar-refractivity contribution in [2.24, 2.45) is 5.73 Å². The lowest BCUT2D eigenvalue weighted by molar-refractivity contribution is 0.111. The molecule has 0 radical (unpaired) electrons. The van der Waals surface area contributed by atoms with E-state index in [0.29, 0.717) is 24.8 Å². The Kier molecular flexibility index (Phi) is 4.26. The first kappa shape index (κ1) is 11.7. The quantitative estimate of drug-likeness (QED) is 0.709. The number of nitrogen functional groups attached to an aromatic ring is 1. The van der Waals surface area contributed by atoms with E-state index >= 15 is 0 Å². The van der Waals surface area contributed by atoms with E-state index in [9.17, 15) is 0 Å². The van der Waals surface area contributed by atoms with Crippen LogP contribution < -0.4 is 16.2 Å². The number of rotatable bonds is 5. The summed E-state index contributed by atoms with van der Waals surface area (Å²) in [5, 5.41) is 7.47. The summed E-state index contributed by atoms with van der Waals surface area (Å²) in [6.45, 7) is 2.71. The highest BCUT2D eigenvalue weighted by molar-refractivity contribution is 5.52. The van der Waals surface area contributed by atoms with Crippen molar-refractivity contribution in [3.63, 3.8) is 0 Å². The molecule has 0 saturated carbocycles. The van der Waals surface area contributed by atoms with Gasteiger partial charge in [0.15, 0.2) is 0 Å². The Hall–Kier alpha value is -1.40. The zero-order chi connectivity index (χ0) is 11.3. The van der Waals surface area contributed by atoms with Gasteiger partial charge in [-0.15, -0.1) is 5.10 Å². The monoisotopic (exact) mass is 212 g/mol. The molecule has 6 nitrogen and oxygen atoms in total. The first-order valence-electron chi connectivity index (χ1n) is 4.62. The molecule has 15 heavy (non-hydrogen) atoms. The lowest BCUT2D eigenvalue weighted by Crippen LogP contribution is -2.21. The molecular weight excluding hydrogens is 196 g/mol. The standard InChI is InChI=1S/C9H16N4O2/c1-6(10)4-15-5-7-3-12-13-9(14-2)8(7)11/h3,6H,4-5,10H2,1-2H3,(H2,11,12)/t6-/m1/s1.